The Morgan fingerprint density at radius 2 is 1.79 bits per heavy atom. The molecule has 2 aliphatic heterocycles. The molecule has 7 nitrogen and oxygen atoms in total. The molecule has 148 valence electrons. The molecule has 2 aromatic carbocycles. The summed E-state index contributed by atoms with van der Waals surface area (Å²) in [6, 6.07) is 12.9. The highest BCUT2D eigenvalue weighted by atomic mass is 32.2. The monoisotopic (exact) mass is 402 g/mol. The van der Waals surface area contributed by atoms with Crippen molar-refractivity contribution in [2.24, 2.45) is 0 Å². The number of hydrogen-bond acceptors (Lipinski definition) is 5. The molecule has 0 spiro atoms. The molecule has 0 aliphatic carbocycles. The number of benzene rings is 2. The van der Waals surface area contributed by atoms with Gasteiger partial charge in [0.05, 0.1) is 11.9 Å². The quantitative estimate of drug-likeness (QED) is 0.780. The molecule has 0 bridgehead atoms. The first-order valence-corrected chi connectivity index (χ1v) is 11.0. The normalized spacial score (nSPS) is 15.7. The predicted molar refractivity (Wildman–Crippen MR) is 105 cm³/mol. The number of fused-ring (bicyclic) bond motifs is 2. The highest BCUT2D eigenvalue weighted by Crippen LogP contribution is 2.34. The van der Waals surface area contributed by atoms with Gasteiger partial charge in [0.15, 0.2) is 11.5 Å². The maximum absolute atomic E-state index is 12.9. The van der Waals surface area contributed by atoms with Gasteiger partial charge in [0.25, 0.3) is 0 Å². The summed E-state index contributed by atoms with van der Waals surface area (Å²) in [5.41, 5.74) is 2.73. The summed E-state index contributed by atoms with van der Waals surface area (Å²) in [5, 5.41) is 0. The van der Waals surface area contributed by atoms with Crippen LogP contribution >= 0.6 is 0 Å². The highest BCUT2D eigenvalue weighted by Gasteiger charge is 2.27. The number of rotatable bonds is 4. The smallest absolute Gasteiger partial charge is 0.243 e. The first-order chi connectivity index (χ1) is 13.4. The Morgan fingerprint density at radius 3 is 2.54 bits per heavy atom. The molecular weight excluding hydrogens is 380 g/mol. The van der Waals surface area contributed by atoms with Crippen LogP contribution in [0.3, 0.4) is 0 Å². The number of anilines is 1. The van der Waals surface area contributed by atoms with E-state index >= 15 is 0 Å². The van der Waals surface area contributed by atoms with Gasteiger partial charge in [-0.1, -0.05) is 24.3 Å². The second-order valence-electron chi connectivity index (χ2n) is 6.93. The van der Waals surface area contributed by atoms with E-state index < -0.39 is 10.0 Å². The van der Waals surface area contributed by atoms with Crippen LogP contribution in [0.2, 0.25) is 0 Å². The Bertz CT molecular complexity index is 1010. The van der Waals surface area contributed by atoms with Gasteiger partial charge in [0, 0.05) is 19.2 Å². The van der Waals surface area contributed by atoms with Crippen LogP contribution in [0.1, 0.15) is 11.1 Å². The van der Waals surface area contributed by atoms with Gasteiger partial charge in [-0.2, -0.15) is 0 Å². The minimum absolute atomic E-state index is 0.227. The van der Waals surface area contributed by atoms with Crippen molar-refractivity contribution in [3.05, 3.63) is 53.6 Å². The van der Waals surface area contributed by atoms with E-state index in [4.69, 9.17) is 9.47 Å². The van der Waals surface area contributed by atoms with Crippen LogP contribution in [0.15, 0.2) is 42.5 Å². The summed E-state index contributed by atoms with van der Waals surface area (Å²) < 4.78 is 36.9. The molecule has 0 fully saturated rings. The van der Waals surface area contributed by atoms with Crippen LogP contribution in [-0.2, 0) is 27.8 Å². The van der Waals surface area contributed by atoms with E-state index in [-0.39, 0.29) is 12.5 Å². The first kappa shape index (κ1) is 18.6. The lowest BCUT2D eigenvalue weighted by atomic mass is 10.00. The van der Waals surface area contributed by atoms with Crippen molar-refractivity contribution in [3.8, 4) is 11.5 Å². The average Bonchev–Trinajstić information content (AvgIpc) is 2.70. The molecule has 0 aromatic heterocycles. The molecular formula is C20H22N2O5S. The molecule has 2 heterocycles. The standard InChI is InChI=1S/C20H22N2O5S/c1-28(24,25)22(17-6-7-18-19(12-17)27-11-10-26-18)14-20(23)21-9-8-15-4-2-3-5-16(15)13-21/h2-7,12H,8-11,13-14H2,1H3. The largest absolute Gasteiger partial charge is 0.486 e. The highest BCUT2D eigenvalue weighted by molar-refractivity contribution is 7.92. The second kappa shape index (κ2) is 7.35. The molecule has 28 heavy (non-hydrogen) atoms. The Hall–Kier alpha value is -2.74. The van der Waals surface area contributed by atoms with E-state index in [1.54, 1.807) is 23.1 Å². The van der Waals surface area contributed by atoms with E-state index in [9.17, 15) is 13.2 Å². The Labute approximate surface area is 164 Å². The molecule has 0 N–H and O–H groups in total. The molecule has 8 heteroatoms. The van der Waals surface area contributed by atoms with Crippen molar-refractivity contribution in [1.82, 2.24) is 4.90 Å². The van der Waals surface area contributed by atoms with Gasteiger partial charge in [-0.25, -0.2) is 8.42 Å². The molecule has 0 saturated carbocycles. The van der Waals surface area contributed by atoms with Crippen LogP contribution in [0.5, 0.6) is 11.5 Å². The lowest BCUT2D eigenvalue weighted by Gasteiger charge is -2.31. The van der Waals surface area contributed by atoms with E-state index in [0.29, 0.717) is 43.5 Å². The summed E-state index contributed by atoms with van der Waals surface area (Å²) in [6.07, 6.45) is 1.87. The molecule has 0 atom stereocenters. The number of carbonyl (C=O) groups is 1. The van der Waals surface area contributed by atoms with Crippen LogP contribution < -0.4 is 13.8 Å². The van der Waals surface area contributed by atoms with Crippen molar-refractivity contribution < 1.29 is 22.7 Å². The van der Waals surface area contributed by atoms with Crippen LogP contribution in [0.25, 0.3) is 0 Å². The van der Waals surface area contributed by atoms with Crippen molar-refractivity contribution in [2.75, 3.05) is 36.9 Å². The van der Waals surface area contributed by atoms with Crippen LogP contribution in [0.4, 0.5) is 5.69 Å². The lowest BCUT2D eigenvalue weighted by molar-refractivity contribution is -0.130. The fraction of sp³-hybridized carbons (Fsp3) is 0.350. The van der Waals surface area contributed by atoms with E-state index in [0.717, 1.165) is 22.5 Å². The molecule has 0 radical (unpaired) electrons. The fourth-order valence-corrected chi connectivity index (χ4v) is 4.36. The van der Waals surface area contributed by atoms with Crippen LogP contribution in [0, 0.1) is 0 Å². The number of sulfonamides is 1. The Kier molecular flexibility index (Phi) is 4.89. The van der Waals surface area contributed by atoms with E-state index in [1.807, 2.05) is 18.2 Å². The Morgan fingerprint density at radius 1 is 1.07 bits per heavy atom. The lowest BCUT2D eigenvalue weighted by Crippen LogP contribution is -2.44. The average molecular weight is 402 g/mol. The minimum Gasteiger partial charge on any atom is -0.486 e. The topological polar surface area (TPSA) is 76.2 Å². The maximum atomic E-state index is 12.9. The number of ether oxygens (including phenoxy) is 2. The third kappa shape index (κ3) is 3.77. The molecule has 4 rings (SSSR count). The van der Waals surface area contributed by atoms with Crippen LogP contribution in [-0.4, -0.2) is 51.8 Å². The number of amides is 1. The molecule has 2 aromatic rings. The Balaban J connectivity index is 1.55. The van der Waals surface area contributed by atoms with Gasteiger partial charge in [0.2, 0.25) is 15.9 Å². The second-order valence-corrected chi connectivity index (χ2v) is 8.84. The van der Waals surface area contributed by atoms with E-state index in [2.05, 4.69) is 6.07 Å². The molecule has 0 unspecified atom stereocenters. The van der Waals surface area contributed by atoms with Gasteiger partial charge in [-0.05, 0) is 29.7 Å². The van der Waals surface area contributed by atoms with Gasteiger partial charge < -0.3 is 14.4 Å². The zero-order valence-corrected chi connectivity index (χ0v) is 16.4. The van der Waals surface area contributed by atoms with Crippen molar-refractivity contribution in [2.45, 2.75) is 13.0 Å². The minimum atomic E-state index is -3.65. The van der Waals surface area contributed by atoms with Crippen molar-refractivity contribution in [3.63, 3.8) is 0 Å². The molecule has 0 saturated heterocycles. The predicted octanol–water partition coefficient (Wildman–Crippen LogP) is 1.81. The zero-order chi connectivity index (χ0) is 19.7. The number of hydrogen-bond donors (Lipinski definition) is 0. The SMILES string of the molecule is CS(=O)(=O)N(CC(=O)N1CCc2ccccc2C1)c1ccc2c(c1)OCCO2. The van der Waals surface area contributed by atoms with E-state index in [1.165, 1.54) is 5.56 Å². The summed E-state index contributed by atoms with van der Waals surface area (Å²) in [4.78, 5) is 14.6. The summed E-state index contributed by atoms with van der Waals surface area (Å²) in [6.45, 7) is 1.68. The van der Waals surface area contributed by atoms with Crippen molar-refractivity contribution >= 4 is 21.6 Å². The van der Waals surface area contributed by atoms with Gasteiger partial charge in [-0.15, -0.1) is 0 Å². The van der Waals surface area contributed by atoms with Gasteiger partial charge in [0.1, 0.15) is 19.8 Å². The zero-order valence-electron chi connectivity index (χ0n) is 15.6. The maximum Gasteiger partial charge on any atom is 0.243 e. The third-order valence-electron chi connectivity index (χ3n) is 4.98. The summed E-state index contributed by atoms with van der Waals surface area (Å²) in [7, 11) is -3.65. The van der Waals surface area contributed by atoms with Gasteiger partial charge in [-0.3, -0.25) is 9.10 Å². The number of carbonyl (C=O) groups excluding carboxylic acids is 1. The third-order valence-corrected chi connectivity index (χ3v) is 6.12. The number of nitrogens with zero attached hydrogens (tertiary/aromatic N) is 2. The molecule has 1 amide bonds. The first-order valence-electron chi connectivity index (χ1n) is 9.14. The summed E-state index contributed by atoms with van der Waals surface area (Å²) >= 11 is 0. The van der Waals surface area contributed by atoms with Gasteiger partial charge >= 0.3 is 0 Å². The summed E-state index contributed by atoms with van der Waals surface area (Å²) in [5.74, 6) is 0.828. The molecule has 2 aliphatic rings. The van der Waals surface area contributed by atoms with Crippen molar-refractivity contribution in [1.29, 1.82) is 0 Å². The fourth-order valence-electron chi connectivity index (χ4n) is 3.52.